The number of anilines is 1. The highest BCUT2D eigenvalue weighted by Gasteiger charge is 2.31. The molecule has 2 aromatic heterocycles. The van der Waals surface area contributed by atoms with E-state index in [1.807, 2.05) is 49.2 Å². The molecule has 7 heteroatoms. The first-order valence-corrected chi connectivity index (χ1v) is 10.6. The number of hydrogen-bond acceptors (Lipinski definition) is 6. The van der Waals surface area contributed by atoms with Crippen molar-refractivity contribution in [3.05, 3.63) is 47.7 Å². The molecule has 30 heavy (non-hydrogen) atoms. The van der Waals surface area contributed by atoms with E-state index in [1.165, 1.54) is 5.56 Å². The Morgan fingerprint density at radius 1 is 1.17 bits per heavy atom. The molecule has 4 heterocycles. The molecule has 2 aliphatic heterocycles. The predicted molar refractivity (Wildman–Crippen MR) is 114 cm³/mol. The number of fused-ring (bicyclic) bond motifs is 2. The standard InChI is InChI=1S/C23H26N4O3/c1-15-7-8-20-21(24-15)25-23(30-20)27-11-9-16(10-12-27)22(28)26(2)14-18-13-17-5-3-4-6-19(17)29-18/h3-8,16,18H,9-14H2,1-2H3. The highest BCUT2D eigenvalue weighted by Crippen LogP contribution is 2.30. The zero-order valence-corrected chi connectivity index (χ0v) is 17.4. The van der Waals surface area contributed by atoms with Crippen LogP contribution in [0.3, 0.4) is 0 Å². The lowest BCUT2D eigenvalue weighted by Crippen LogP contribution is -2.44. The lowest BCUT2D eigenvalue weighted by molar-refractivity contribution is -0.135. The van der Waals surface area contributed by atoms with Crippen LogP contribution in [-0.4, -0.2) is 53.6 Å². The number of carbonyl (C=O) groups is 1. The summed E-state index contributed by atoms with van der Waals surface area (Å²) in [5.74, 6) is 1.17. The Labute approximate surface area is 175 Å². The van der Waals surface area contributed by atoms with E-state index in [0.717, 1.165) is 43.8 Å². The number of carbonyl (C=O) groups excluding carboxylic acids is 1. The summed E-state index contributed by atoms with van der Waals surface area (Å²) < 4.78 is 11.9. The van der Waals surface area contributed by atoms with Crippen LogP contribution in [0.15, 0.2) is 40.8 Å². The topological polar surface area (TPSA) is 71.7 Å². The molecule has 2 aliphatic rings. The number of piperidine rings is 1. The van der Waals surface area contributed by atoms with Crippen molar-refractivity contribution in [2.75, 3.05) is 31.6 Å². The summed E-state index contributed by atoms with van der Waals surface area (Å²) in [4.78, 5) is 25.9. The fourth-order valence-corrected chi connectivity index (χ4v) is 4.42. The number of oxazole rings is 1. The molecule has 0 saturated carbocycles. The van der Waals surface area contributed by atoms with Crippen LogP contribution in [0.5, 0.6) is 5.75 Å². The third-order valence-electron chi connectivity index (χ3n) is 6.06. The van der Waals surface area contributed by atoms with Crippen LogP contribution in [0.25, 0.3) is 11.2 Å². The van der Waals surface area contributed by atoms with Crippen molar-refractivity contribution in [2.24, 2.45) is 5.92 Å². The smallest absolute Gasteiger partial charge is 0.299 e. The van der Waals surface area contributed by atoms with E-state index in [2.05, 4.69) is 20.9 Å². The minimum absolute atomic E-state index is 0.0276. The van der Waals surface area contributed by atoms with Crippen LogP contribution in [0.2, 0.25) is 0 Å². The summed E-state index contributed by atoms with van der Waals surface area (Å²) in [6.07, 6.45) is 2.48. The van der Waals surface area contributed by atoms with Gasteiger partial charge in [-0.05, 0) is 43.5 Å². The molecule has 3 aromatic rings. The molecule has 1 fully saturated rings. The normalized spacial score (nSPS) is 19.0. The second-order valence-electron chi connectivity index (χ2n) is 8.30. The van der Waals surface area contributed by atoms with Gasteiger partial charge in [-0.15, -0.1) is 0 Å². The summed E-state index contributed by atoms with van der Waals surface area (Å²) in [6.45, 7) is 4.06. The number of para-hydroxylation sites is 1. The van der Waals surface area contributed by atoms with Crippen molar-refractivity contribution in [3.63, 3.8) is 0 Å². The number of hydrogen-bond donors (Lipinski definition) is 0. The molecule has 1 aromatic carbocycles. The van der Waals surface area contributed by atoms with Gasteiger partial charge in [0, 0.05) is 38.2 Å². The quantitative estimate of drug-likeness (QED) is 0.663. The minimum Gasteiger partial charge on any atom is -0.488 e. The molecule has 156 valence electrons. The van der Waals surface area contributed by atoms with Crippen LogP contribution in [0.1, 0.15) is 24.1 Å². The Balaban J connectivity index is 1.16. The van der Waals surface area contributed by atoms with Gasteiger partial charge in [-0.25, -0.2) is 4.98 Å². The first kappa shape index (κ1) is 18.9. The summed E-state index contributed by atoms with van der Waals surface area (Å²) in [5, 5.41) is 0. The molecule has 1 amide bonds. The highest BCUT2D eigenvalue weighted by atomic mass is 16.5. The van der Waals surface area contributed by atoms with Crippen molar-refractivity contribution in [1.82, 2.24) is 14.9 Å². The number of rotatable bonds is 4. The van der Waals surface area contributed by atoms with Gasteiger partial charge in [0.2, 0.25) is 11.6 Å². The molecule has 0 aliphatic carbocycles. The number of ether oxygens (including phenoxy) is 1. The van der Waals surface area contributed by atoms with Crippen LogP contribution in [0.4, 0.5) is 6.01 Å². The fraction of sp³-hybridized carbons (Fsp3) is 0.435. The molecule has 0 N–H and O–H groups in total. The van der Waals surface area contributed by atoms with Gasteiger partial charge in [-0.1, -0.05) is 18.2 Å². The number of nitrogens with zero attached hydrogens (tertiary/aromatic N) is 4. The lowest BCUT2D eigenvalue weighted by Gasteiger charge is -2.32. The van der Waals surface area contributed by atoms with Crippen molar-refractivity contribution in [2.45, 2.75) is 32.3 Å². The van der Waals surface area contributed by atoms with E-state index in [9.17, 15) is 4.79 Å². The Kier molecular flexibility index (Phi) is 4.81. The van der Waals surface area contributed by atoms with Crippen molar-refractivity contribution < 1.29 is 13.9 Å². The summed E-state index contributed by atoms with van der Waals surface area (Å²) in [6, 6.07) is 12.5. The third kappa shape index (κ3) is 3.60. The SMILES string of the molecule is Cc1ccc2oc(N3CCC(C(=O)N(C)CC4Cc5ccccc5O4)CC3)nc2n1. The molecule has 7 nitrogen and oxygen atoms in total. The molecular weight excluding hydrogens is 380 g/mol. The molecule has 1 unspecified atom stereocenters. The first-order valence-electron chi connectivity index (χ1n) is 10.6. The Morgan fingerprint density at radius 3 is 2.77 bits per heavy atom. The second-order valence-corrected chi connectivity index (χ2v) is 8.30. The van der Waals surface area contributed by atoms with Gasteiger partial charge in [-0.3, -0.25) is 4.79 Å². The first-order chi connectivity index (χ1) is 14.6. The van der Waals surface area contributed by atoms with E-state index >= 15 is 0 Å². The number of aryl methyl sites for hydroxylation is 1. The maximum atomic E-state index is 13.0. The monoisotopic (exact) mass is 406 g/mol. The van der Waals surface area contributed by atoms with Crippen LogP contribution in [0, 0.1) is 12.8 Å². The Bertz CT molecular complexity index is 1050. The zero-order chi connectivity index (χ0) is 20.7. The average molecular weight is 406 g/mol. The molecule has 5 rings (SSSR count). The zero-order valence-electron chi connectivity index (χ0n) is 17.4. The second kappa shape index (κ2) is 7.63. The predicted octanol–water partition coefficient (Wildman–Crippen LogP) is 3.21. The maximum absolute atomic E-state index is 13.0. The van der Waals surface area contributed by atoms with E-state index < -0.39 is 0 Å². The van der Waals surface area contributed by atoms with Gasteiger partial charge in [0.15, 0.2) is 5.58 Å². The lowest BCUT2D eigenvalue weighted by atomic mass is 9.95. The summed E-state index contributed by atoms with van der Waals surface area (Å²) >= 11 is 0. The van der Waals surface area contributed by atoms with Crippen molar-refractivity contribution in [3.8, 4) is 5.75 Å². The van der Waals surface area contributed by atoms with Crippen LogP contribution >= 0.6 is 0 Å². The highest BCUT2D eigenvalue weighted by molar-refractivity contribution is 5.79. The molecule has 1 saturated heterocycles. The Morgan fingerprint density at radius 2 is 1.97 bits per heavy atom. The van der Waals surface area contributed by atoms with E-state index in [0.29, 0.717) is 23.8 Å². The molecule has 0 bridgehead atoms. The maximum Gasteiger partial charge on any atom is 0.299 e. The summed E-state index contributed by atoms with van der Waals surface area (Å²) in [7, 11) is 1.88. The molecule has 0 radical (unpaired) electrons. The fourth-order valence-electron chi connectivity index (χ4n) is 4.42. The number of aromatic nitrogens is 2. The van der Waals surface area contributed by atoms with Gasteiger partial charge in [0.25, 0.3) is 6.01 Å². The number of benzene rings is 1. The molecular formula is C23H26N4O3. The number of pyridine rings is 1. The van der Waals surface area contributed by atoms with E-state index in [4.69, 9.17) is 9.15 Å². The van der Waals surface area contributed by atoms with E-state index in [-0.39, 0.29) is 17.9 Å². The van der Waals surface area contributed by atoms with Gasteiger partial charge >= 0.3 is 0 Å². The molecule has 1 atom stereocenters. The number of amides is 1. The van der Waals surface area contributed by atoms with Crippen molar-refractivity contribution >= 4 is 23.2 Å². The average Bonchev–Trinajstić information content (AvgIpc) is 3.36. The third-order valence-corrected chi connectivity index (χ3v) is 6.06. The van der Waals surface area contributed by atoms with Crippen LogP contribution in [-0.2, 0) is 11.2 Å². The van der Waals surface area contributed by atoms with Gasteiger partial charge < -0.3 is 19.0 Å². The number of likely N-dealkylation sites (N-methyl/N-ethyl adjacent to an activating group) is 1. The largest absolute Gasteiger partial charge is 0.488 e. The van der Waals surface area contributed by atoms with E-state index in [1.54, 1.807) is 0 Å². The summed E-state index contributed by atoms with van der Waals surface area (Å²) in [5.41, 5.74) is 3.48. The van der Waals surface area contributed by atoms with Gasteiger partial charge in [0.05, 0.1) is 6.54 Å². The Hall–Kier alpha value is -3.09. The van der Waals surface area contributed by atoms with Crippen molar-refractivity contribution in [1.29, 1.82) is 0 Å². The minimum atomic E-state index is 0.0276. The van der Waals surface area contributed by atoms with Gasteiger partial charge in [-0.2, -0.15) is 4.98 Å². The van der Waals surface area contributed by atoms with Gasteiger partial charge in [0.1, 0.15) is 11.9 Å². The molecule has 0 spiro atoms. The van der Waals surface area contributed by atoms with Crippen LogP contribution < -0.4 is 9.64 Å².